The van der Waals surface area contributed by atoms with E-state index in [-0.39, 0.29) is 6.09 Å². The lowest BCUT2D eigenvalue weighted by atomic mass is 9.98. The van der Waals surface area contributed by atoms with Crippen LogP contribution in [0.1, 0.15) is 33.6 Å². The molecule has 22 heavy (non-hydrogen) atoms. The lowest BCUT2D eigenvalue weighted by Gasteiger charge is -2.33. The minimum Gasteiger partial charge on any atom is -0.463 e. The van der Waals surface area contributed by atoms with Crippen LogP contribution in [0.4, 0.5) is 4.79 Å². The summed E-state index contributed by atoms with van der Waals surface area (Å²) in [7, 11) is 0. The predicted octanol–water partition coefficient (Wildman–Crippen LogP) is 3.27. The van der Waals surface area contributed by atoms with Gasteiger partial charge in [-0.2, -0.15) is 0 Å². The monoisotopic (exact) mass is 371 g/mol. The molecule has 1 aliphatic rings. The Hall–Kier alpha value is -1.37. The second-order valence-corrected chi connectivity index (χ2v) is 7.32. The van der Waals surface area contributed by atoms with Crippen molar-refractivity contribution in [2.45, 2.75) is 39.2 Å². The maximum Gasteiger partial charge on any atom is 0.410 e. The van der Waals surface area contributed by atoms with E-state index in [0.717, 1.165) is 17.3 Å². The van der Waals surface area contributed by atoms with Crippen LogP contribution in [-0.4, -0.2) is 46.3 Å². The second kappa shape index (κ2) is 7.26. The van der Waals surface area contributed by atoms with Crippen molar-refractivity contribution in [3.63, 3.8) is 0 Å². The number of halogens is 1. The molecule has 0 saturated carbocycles. The summed E-state index contributed by atoms with van der Waals surface area (Å²) >= 11 is 3.28. The van der Waals surface area contributed by atoms with Crippen LogP contribution in [0, 0.1) is 5.92 Å². The Balaban J connectivity index is 1.73. The Labute approximate surface area is 139 Å². The summed E-state index contributed by atoms with van der Waals surface area (Å²) in [6, 6.07) is 0.387. The number of carbonyl (C=O) groups is 1. The van der Waals surface area contributed by atoms with E-state index in [1.807, 2.05) is 20.8 Å². The third-order valence-electron chi connectivity index (χ3n) is 3.31. The Kier molecular flexibility index (Phi) is 5.61. The molecule has 0 bridgehead atoms. The number of carbonyl (C=O) groups excluding carboxylic acids is 1. The van der Waals surface area contributed by atoms with Gasteiger partial charge < -0.3 is 14.4 Å². The molecule has 1 aromatic rings. The zero-order valence-electron chi connectivity index (χ0n) is 13.2. The molecule has 0 radical (unpaired) electrons. The lowest BCUT2D eigenvalue weighted by Crippen LogP contribution is -2.42. The number of likely N-dealkylation sites (tertiary alicyclic amines) is 1. The maximum atomic E-state index is 12.0. The quantitative estimate of drug-likeness (QED) is 0.815. The third kappa shape index (κ3) is 5.44. The molecular weight excluding hydrogens is 350 g/mol. The van der Waals surface area contributed by atoms with Crippen molar-refractivity contribution in [3.8, 4) is 6.01 Å². The van der Waals surface area contributed by atoms with Crippen molar-refractivity contribution in [1.82, 2.24) is 14.9 Å². The molecule has 0 aliphatic carbocycles. The van der Waals surface area contributed by atoms with Crippen LogP contribution in [0.25, 0.3) is 0 Å². The number of rotatable bonds is 3. The van der Waals surface area contributed by atoms with Gasteiger partial charge >= 0.3 is 12.1 Å². The van der Waals surface area contributed by atoms with E-state index >= 15 is 0 Å². The molecule has 1 fully saturated rings. The number of hydrogen-bond acceptors (Lipinski definition) is 5. The summed E-state index contributed by atoms with van der Waals surface area (Å²) in [6.45, 7) is 7.61. The minimum atomic E-state index is -0.448. The number of amides is 1. The molecule has 1 saturated heterocycles. The minimum absolute atomic E-state index is 0.233. The van der Waals surface area contributed by atoms with Crippen molar-refractivity contribution in [2.24, 2.45) is 5.92 Å². The van der Waals surface area contributed by atoms with Crippen molar-refractivity contribution < 1.29 is 14.3 Å². The molecule has 0 aromatic carbocycles. The van der Waals surface area contributed by atoms with E-state index in [2.05, 4.69) is 25.9 Å². The molecule has 1 aliphatic heterocycles. The van der Waals surface area contributed by atoms with Crippen LogP contribution < -0.4 is 4.74 Å². The van der Waals surface area contributed by atoms with Crippen LogP contribution in [0.2, 0.25) is 0 Å². The van der Waals surface area contributed by atoms with Crippen molar-refractivity contribution in [1.29, 1.82) is 0 Å². The SMILES string of the molecule is CC(C)(C)OC(=O)N1CCC(COc2ncc(Br)cn2)CC1. The number of hydrogen-bond donors (Lipinski definition) is 0. The van der Waals surface area contributed by atoms with Crippen LogP contribution in [0.15, 0.2) is 16.9 Å². The van der Waals surface area contributed by atoms with Gasteiger partial charge in [0, 0.05) is 25.5 Å². The third-order valence-corrected chi connectivity index (χ3v) is 3.72. The molecule has 6 nitrogen and oxygen atoms in total. The highest BCUT2D eigenvalue weighted by Crippen LogP contribution is 2.20. The fourth-order valence-corrected chi connectivity index (χ4v) is 2.38. The molecule has 7 heteroatoms. The molecule has 0 unspecified atom stereocenters. The maximum absolute atomic E-state index is 12.0. The highest BCUT2D eigenvalue weighted by Gasteiger charge is 2.27. The van der Waals surface area contributed by atoms with Gasteiger partial charge in [-0.25, -0.2) is 14.8 Å². The van der Waals surface area contributed by atoms with Crippen LogP contribution >= 0.6 is 15.9 Å². The first-order valence-corrected chi connectivity index (χ1v) is 8.21. The highest BCUT2D eigenvalue weighted by molar-refractivity contribution is 9.10. The van der Waals surface area contributed by atoms with Crippen LogP contribution in [0.3, 0.4) is 0 Å². The molecule has 1 amide bonds. The predicted molar refractivity (Wildman–Crippen MR) is 85.8 cm³/mol. The second-order valence-electron chi connectivity index (χ2n) is 6.41. The van der Waals surface area contributed by atoms with Gasteiger partial charge in [-0.3, -0.25) is 0 Å². The van der Waals surface area contributed by atoms with E-state index in [1.54, 1.807) is 17.3 Å². The Bertz CT molecular complexity index is 494. The number of piperidine rings is 1. The first-order chi connectivity index (χ1) is 10.3. The Morgan fingerprint density at radius 1 is 1.32 bits per heavy atom. The summed E-state index contributed by atoms with van der Waals surface area (Å²) in [4.78, 5) is 21.9. The molecular formula is C15H22BrN3O3. The van der Waals surface area contributed by atoms with E-state index < -0.39 is 5.60 Å². The fourth-order valence-electron chi connectivity index (χ4n) is 2.18. The van der Waals surface area contributed by atoms with Gasteiger partial charge in [-0.15, -0.1) is 0 Å². The molecule has 1 aromatic heterocycles. The summed E-state index contributed by atoms with van der Waals surface area (Å²) in [5, 5.41) is 0. The average molecular weight is 372 g/mol. The average Bonchev–Trinajstić information content (AvgIpc) is 2.45. The van der Waals surface area contributed by atoms with Gasteiger partial charge in [-0.1, -0.05) is 0 Å². The normalized spacial score (nSPS) is 16.5. The zero-order chi connectivity index (χ0) is 16.2. The fraction of sp³-hybridized carbons (Fsp3) is 0.667. The molecule has 2 heterocycles. The highest BCUT2D eigenvalue weighted by atomic mass is 79.9. The summed E-state index contributed by atoms with van der Waals surface area (Å²) < 4.78 is 11.8. The van der Waals surface area contributed by atoms with Crippen LogP contribution in [0.5, 0.6) is 6.01 Å². The van der Waals surface area contributed by atoms with Gasteiger partial charge in [-0.05, 0) is 55.5 Å². The molecule has 2 rings (SSSR count). The van der Waals surface area contributed by atoms with E-state index in [1.165, 1.54) is 0 Å². The largest absolute Gasteiger partial charge is 0.463 e. The lowest BCUT2D eigenvalue weighted by molar-refractivity contribution is 0.0163. The summed E-state index contributed by atoms with van der Waals surface area (Å²) in [6.07, 6.45) is 4.88. The van der Waals surface area contributed by atoms with Gasteiger partial charge in [0.2, 0.25) is 0 Å². The van der Waals surface area contributed by atoms with Gasteiger partial charge in [0.15, 0.2) is 0 Å². The standard InChI is InChI=1S/C15H22BrN3O3/c1-15(2,3)22-14(20)19-6-4-11(5-7-19)10-21-13-17-8-12(16)9-18-13/h8-9,11H,4-7,10H2,1-3H3. The van der Waals surface area contributed by atoms with Gasteiger partial charge in [0.05, 0.1) is 11.1 Å². The number of nitrogens with zero attached hydrogens (tertiary/aromatic N) is 3. The topological polar surface area (TPSA) is 64.5 Å². The molecule has 0 N–H and O–H groups in total. The summed E-state index contributed by atoms with van der Waals surface area (Å²) in [5.41, 5.74) is -0.448. The van der Waals surface area contributed by atoms with Gasteiger partial charge in [0.1, 0.15) is 5.60 Å². The van der Waals surface area contributed by atoms with Gasteiger partial charge in [0.25, 0.3) is 0 Å². The first-order valence-electron chi connectivity index (χ1n) is 7.42. The van der Waals surface area contributed by atoms with Crippen molar-refractivity contribution >= 4 is 22.0 Å². The molecule has 122 valence electrons. The van der Waals surface area contributed by atoms with Crippen molar-refractivity contribution in [3.05, 3.63) is 16.9 Å². The molecule has 0 spiro atoms. The number of aromatic nitrogens is 2. The zero-order valence-corrected chi connectivity index (χ0v) is 14.8. The van der Waals surface area contributed by atoms with Crippen LogP contribution in [-0.2, 0) is 4.74 Å². The van der Waals surface area contributed by atoms with Crippen molar-refractivity contribution in [2.75, 3.05) is 19.7 Å². The smallest absolute Gasteiger partial charge is 0.410 e. The van der Waals surface area contributed by atoms with E-state index in [0.29, 0.717) is 31.6 Å². The van der Waals surface area contributed by atoms with E-state index in [4.69, 9.17) is 9.47 Å². The molecule has 0 atom stereocenters. The first kappa shape index (κ1) is 17.0. The number of ether oxygens (including phenoxy) is 2. The Morgan fingerprint density at radius 2 is 1.91 bits per heavy atom. The van der Waals surface area contributed by atoms with E-state index in [9.17, 15) is 4.79 Å². The Morgan fingerprint density at radius 3 is 2.45 bits per heavy atom. The summed E-state index contributed by atoms with van der Waals surface area (Å²) in [5.74, 6) is 0.408.